The molecule has 0 radical (unpaired) electrons. The molecule has 0 unspecified atom stereocenters. The Bertz CT molecular complexity index is 452. The van der Waals surface area contributed by atoms with E-state index in [-0.39, 0.29) is 12.2 Å². The molecule has 0 aromatic heterocycles. The molecule has 1 aromatic rings. The van der Waals surface area contributed by atoms with Gasteiger partial charge in [-0.3, -0.25) is 0 Å². The molecular formula is C12H16O3S. The summed E-state index contributed by atoms with van der Waals surface area (Å²) in [5.41, 5.74) is 0. The van der Waals surface area contributed by atoms with Crippen LogP contribution in [0.2, 0.25) is 0 Å². The van der Waals surface area contributed by atoms with Crippen molar-refractivity contribution in [3.63, 3.8) is 0 Å². The number of ether oxygens (including phenoxy) is 1. The third-order valence-electron chi connectivity index (χ3n) is 3.01. The smallest absolute Gasteiger partial charge is 0.183 e. The van der Waals surface area contributed by atoms with E-state index in [4.69, 9.17) is 4.74 Å². The van der Waals surface area contributed by atoms with Crippen LogP contribution in [0, 0.1) is 0 Å². The predicted octanol–water partition coefficient (Wildman–Crippen LogP) is 2.03. The molecule has 0 amide bonds. The Labute approximate surface area is 96.4 Å². The van der Waals surface area contributed by atoms with E-state index in [1.807, 2.05) is 19.9 Å². The van der Waals surface area contributed by atoms with E-state index in [0.717, 1.165) is 0 Å². The predicted molar refractivity (Wildman–Crippen MR) is 62.0 cm³/mol. The van der Waals surface area contributed by atoms with E-state index in [1.54, 1.807) is 24.3 Å². The summed E-state index contributed by atoms with van der Waals surface area (Å²) in [5.74, 6) is 0. The Morgan fingerprint density at radius 3 is 2.31 bits per heavy atom. The minimum Gasteiger partial charge on any atom is -0.374 e. The van der Waals surface area contributed by atoms with Crippen molar-refractivity contribution in [2.24, 2.45) is 0 Å². The second-order valence-corrected chi connectivity index (χ2v) is 6.45. The first-order valence-corrected chi connectivity index (χ1v) is 7.01. The summed E-state index contributed by atoms with van der Waals surface area (Å²) in [5, 5.41) is -0.412. The lowest BCUT2D eigenvalue weighted by Crippen LogP contribution is -2.27. The summed E-state index contributed by atoms with van der Waals surface area (Å²) >= 11 is 0. The van der Waals surface area contributed by atoms with Gasteiger partial charge in [0, 0.05) is 0 Å². The molecule has 88 valence electrons. The maximum absolute atomic E-state index is 12.3. The number of hydrogen-bond acceptors (Lipinski definition) is 3. The van der Waals surface area contributed by atoms with Gasteiger partial charge in [0.2, 0.25) is 0 Å². The summed E-state index contributed by atoms with van der Waals surface area (Å²) in [7, 11) is -3.25. The van der Waals surface area contributed by atoms with Crippen molar-refractivity contribution in [1.29, 1.82) is 0 Å². The van der Waals surface area contributed by atoms with Crippen LogP contribution in [0.5, 0.6) is 0 Å². The highest BCUT2D eigenvalue weighted by Gasteiger charge is 2.39. The first-order valence-electron chi connectivity index (χ1n) is 5.46. The van der Waals surface area contributed by atoms with Crippen LogP contribution in [0.15, 0.2) is 35.2 Å². The van der Waals surface area contributed by atoms with Crippen LogP contribution in [0.3, 0.4) is 0 Å². The van der Waals surface area contributed by atoms with Crippen molar-refractivity contribution in [2.75, 3.05) is 0 Å². The molecule has 16 heavy (non-hydrogen) atoms. The van der Waals surface area contributed by atoms with Gasteiger partial charge in [-0.2, -0.15) is 0 Å². The third-order valence-corrected chi connectivity index (χ3v) is 5.31. The quantitative estimate of drug-likeness (QED) is 0.794. The molecule has 1 aromatic carbocycles. The Kier molecular flexibility index (Phi) is 3.04. The molecule has 2 rings (SSSR count). The van der Waals surface area contributed by atoms with Crippen LogP contribution in [0.25, 0.3) is 0 Å². The van der Waals surface area contributed by atoms with Gasteiger partial charge in [0.05, 0.1) is 22.4 Å². The van der Waals surface area contributed by atoms with Gasteiger partial charge in [0.25, 0.3) is 0 Å². The van der Waals surface area contributed by atoms with E-state index in [0.29, 0.717) is 11.3 Å². The molecule has 0 saturated carbocycles. The average Bonchev–Trinajstić information content (AvgIpc) is 2.60. The van der Waals surface area contributed by atoms with Crippen LogP contribution in [-0.4, -0.2) is 25.9 Å². The Morgan fingerprint density at radius 1 is 1.19 bits per heavy atom. The highest BCUT2D eigenvalue weighted by atomic mass is 32.2. The zero-order valence-corrected chi connectivity index (χ0v) is 10.3. The highest BCUT2D eigenvalue weighted by molar-refractivity contribution is 7.92. The molecule has 4 heteroatoms. The summed E-state index contributed by atoms with van der Waals surface area (Å²) in [4.78, 5) is 0.393. The Morgan fingerprint density at radius 2 is 1.81 bits per heavy atom. The van der Waals surface area contributed by atoms with Crippen molar-refractivity contribution < 1.29 is 13.2 Å². The van der Waals surface area contributed by atoms with E-state index >= 15 is 0 Å². The third kappa shape index (κ3) is 1.99. The molecule has 1 aliphatic heterocycles. The summed E-state index contributed by atoms with van der Waals surface area (Å²) in [6, 6.07) is 8.60. The number of hydrogen-bond donors (Lipinski definition) is 0. The van der Waals surface area contributed by atoms with E-state index in [1.165, 1.54) is 0 Å². The van der Waals surface area contributed by atoms with Gasteiger partial charge >= 0.3 is 0 Å². The zero-order valence-electron chi connectivity index (χ0n) is 9.46. The molecule has 3 nitrogen and oxygen atoms in total. The van der Waals surface area contributed by atoms with Crippen LogP contribution in [0.4, 0.5) is 0 Å². The van der Waals surface area contributed by atoms with Gasteiger partial charge in [-0.05, 0) is 32.4 Å². The fourth-order valence-electron chi connectivity index (χ4n) is 2.19. The van der Waals surface area contributed by atoms with Gasteiger partial charge in [-0.15, -0.1) is 0 Å². The topological polar surface area (TPSA) is 43.4 Å². The van der Waals surface area contributed by atoms with E-state index in [9.17, 15) is 8.42 Å². The summed E-state index contributed by atoms with van der Waals surface area (Å²) in [6.45, 7) is 3.74. The number of benzene rings is 1. The second-order valence-electron chi connectivity index (χ2n) is 4.28. The van der Waals surface area contributed by atoms with Crippen molar-refractivity contribution in [3.05, 3.63) is 30.3 Å². The monoisotopic (exact) mass is 240 g/mol. The molecule has 0 aliphatic carbocycles. The van der Waals surface area contributed by atoms with Gasteiger partial charge in [-0.1, -0.05) is 18.2 Å². The lowest BCUT2D eigenvalue weighted by atomic mass is 10.2. The van der Waals surface area contributed by atoms with Crippen LogP contribution < -0.4 is 0 Å². The molecule has 3 atom stereocenters. The highest BCUT2D eigenvalue weighted by Crippen LogP contribution is 2.30. The van der Waals surface area contributed by atoms with Gasteiger partial charge in [0.15, 0.2) is 9.84 Å². The SMILES string of the molecule is C[C@@H]1O[C@@H](C)C[C@H]1S(=O)(=O)c1ccccc1. The molecule has 0 bridgehead atoms. The molecule has 0 N–H and O–H groups in total. The first-order chi connectivity index (χ1) is 7.51. The zero-order chi connectivity index (χ0) is 11.8. The maximum atomic E-state index is 12.3. The molecule has 1 aliphatic rings. The normalized spacial score (nSPS) is 30.5. The Balaban J connectivity index is 2.34. The number of rotatable bonds is 2. The van der Waals surface area contributed by atoms with Crippen LogP contribution >= 0.6 is 0 Å². The van der Waals surface area contributed by atoms with Gasteiger partial charge in [0.1, 0.15) is 0 Å². The fourth-order valence-corrected chi connectivity index (χ4v) is 4.17. The lowest BCUT2D eigenvalue weighted by molar-refractivity contribution is 0.0679. The van der Waals surface area contributed by atoms with Gasteiger partial charge in [-0.25, -0.2) is 8.42 Å². The summed E-state index contributed by atoms with van der Waals surface area (Å²) < 4.78 is 30.1. The first kappa shape index (κ1) is 11.6. The standard InChI is InChI=1S/C12H16O3S/c1-9-8-12(10(2)15-9)16(13,14)11-6-4-3-5-7-11/h3-7,9-10,12H,8H2,1-2H3/t9-,10-,12+/m0/s1. The average molecular weight is 240 g/mol. The molecule has 1 heterocycles. The minimum atomic E-state index is -3.25. The lowest BCUT2D eigenvalue weighted by Gasteiger charge is -2.14. The molecule has 1 fully saturated rings. The minimum absolute atomic E-state index is 0.0264. The van der Waals surface area contributed by atoms with E-state index in [2.05, 4.69) is 0 Å². The second kappa shape index (κ2) is 4.18. The molecular weight excluding hydrogens is 224 g/mol. The van der Waals surface area contributed by atoms with Crippen molar-refractivity contribution >= 4 is 9.84 Å². The van der Waals surface area contributed by atoms with Crippen molar-refractivity contribution in [1.82, 2.24) is 0 Å². The Hall–Kier alpha value is -0.870. The molecule has 1 saturated heterocycles. The van der Waals surface area contributed by atoms with Crippen LogP contribution in [0.1, 0.15) is 20.3 Å². The van der Waals surface area contributed by atoms with Gasteiger partial charge < -0.3 is 4.74 Å². The fraction of sp³-hybridized carbons (Fsp3) is 0.500. The van der Waals surface area contributed by atoms with Crippen LogP contribution in [-0.2, 0) is 14.6 Å². The van der Waals surface area contributed by atoms with Crippen molar-refractivity contribution in [2.45, 2.75) is 42.6 Å². The van der Waals surface area contributed by atoms with E-state index < -0.39 is 15.1 Å². The maximum Gasteiger partial charge on any atom is 0.183 e. The van der Waals surface area contributed by atoms with Crippen molar-refractivity contribution in [3.8, 4) is 0 Å². The summed E-state index contributed by atoms with van der Waals surface area (Å²) in [6.07, 6.45) is 0.386. The number of sulfone groups is 1. The molecule has 0 spiro atoms. The largest absolute Gasteiger partial charge is 0.374 e.